The third-order valence-corrected chi connectivity index (χ3v) is 5.10. The molecule has 0 fully saturated rings. The number of aryl methyl sites for hydroxylation is 1. The molecular formula is C11H12N4O2S3. The van der Waals surface area contributed by atoms with E-state index in [4.69, 9.17) is 18.0 Å². The highest BCUT2D eigenvalue weighted by molar-refractivity contribution is 7.89. The van der Waals surface area contributed by atoms with Crippen LogP contribution >= 0.6 is 23.6 Å². The molecule has 9 heteroatoms. The first-order chi connectivity index (χ1) is 9.40. The van der Waals surface area contributed by atoms with Crippen LogP contribution in [0.5, 0.6) is 0 Å². The molecule has 0 radical (unpaired) electrons. The fourth-order valence-corrected chi connectivity index (χ4v) is 3.29. The molecule has 2 aromatic heterocycles. The number of pyridine rings is 1. The van der Waals surface area contributed by atoms with Gasteiger partial charge in [-0.25, -0.2) is 18.1 Å². The second-order valence-corrected chi connectivity index (χ2v) is 7.07. The molecule has 2 rings (SSSR count). The molecule has 0 aliphatic rings. The predicted molar refractivity (Wildman–Crippen MR) is 81.0 cm³/mol. The number of nitrogens with zero attached hydrogens (tertiary/aromatic N) is 2. The van der Waals surface area contributed by atoms with Gasteiger partial charge in [-0.15, -0.1) is 11.3 Å². The van der Waals surface area contributed by atoms with Crippen molar-refractivity contribution in [2.75, 3.05) is 0 Å². The lowest BCUT2D eigenvalue weighted by Crippen LogP contribution is -2.23. The summed E-state index contributed by atoms with van der Waals surface area (Å²) in [5.74, 6) is 0. The zero-order chi connectivity index (χ0) is 14.8. The van der Waals surface area contributed by atoms with Crippen LogP contribution in [0.2, 0.25) is 0 Å². The number of hydrogen-bond acceptors (Lipinski definition) is 6. The van der Waals surface area contributed by atoms with Crippen LogP contribution in [-0.4, -0.2) is 23.4 Å². The number of thiocarbonyl (C=S) groups is 1. The van der Waals surface area contributed by atoms with Crippen molar-refractivity contribution < 1.29 is 8.42 Å². The first kappa shape index (κ1) is 15.0. The van der Waals surface area contributed by atoms with E-state index in [-0.39, 0.29) is 16.4 Å². The van der Waals surface area contributed by atoms with Crippen molar-refractivity contribution in [3.8, 4) is 0 Å². The molecular weight excluding hydrogens is 316 g/mol. The maximum Gasteiger partial charge on any atom is 0.242 e. The Morgan fingerprint density at radius 2 is 2.20 bits per heavy atom. The van der Waals surface area contributed by atoms with Gasteiger partial charge in [0, 0.05) is 17.6 Å². The molecule has 0 saturated heterocycles. The van der Waals surface area contributed by atoms with E-state index in [2.05, 4.69) is 14.7 Å². The molecule has 0 aliphatic heterocycles. The van der Waals surface area contributed by atoms with Crippen LogP contribution in [0.15, 0.2) is 28.7 Å². The summed E-state index contributed by atoms with van der Waals surface area (Å²) >= 11 is 6.17. The minimum Gasteiger partial charge on any atom is -0.388 e. The van der Waals surface area contributed by atoms with Gasteiger partial charge < -0.3 is 5.73 Å². The van der Waals surface area contributed by atoms with E-state index in [0.717, 1.165) is 10.6 Å². The highest BCUT2D eigenvalue weighted by Crippen LogP contribution is 2.14. The lowest BCUT2D eigenvalue weighted by Gasteiger charge is -2.06. The van der Waals surface area contributed by atoms with E-state index in [9.17, 15) is 8.42 Å². The smallest absolute Gasteiger partial charge is 0.242 e. The Morgan fingerprint density at radius 1 is 1.45 bits per heavy atom. The molecule has 2 heterocycles. The van der Waals surface area contributed by atoms with Crippen molar-refractivity contribution in [2.24, 2.45) is 5.73 Å². The van der Waals surface area contributed by atoms with Crippen molar-refractivity contribution in [3.63, 3.8) is 0 Å². The van der Waals surface area contributed by atoms with Crippen LogP contribution in [0.3, 0.4) is 0 Å². The van der Waals surface area contributed by atoms with Gasteiger partial charge in [-0.3, -0.25) is 4.98 Å². The molecule has 6 nitrogen and oxygen atoms in total. The van der Waals surface area contributed by atoms with Crippen LogP contribution in [0.25, 0.3) is 0 Å². The van der Waals surface area contributed by atoms with Gasteiger partial charge in [0.2, 0.25) is 10.0 Å². The highest BCUT2D eigenvalue weighted by atomic mass is 32.2. The number of rotatable bonds is 5. The molecule has 0 aromatic carbocycles. The molecule has 0 spiro atoms. The minimum atomic E-state index is -3.61. The summed E-state index contributed by atoms with van der Waals surface area (Å²) in [5.41, 5.74) is 8.29. The third kappa shape index (κ3) is 3.37. The van der Waals surface area contributed by atoms with Crippen LogP contribution in [0.4, 0.5) is 0 Å². The Balaban J connectivity index is 2.14. The fraction of sp³-hybridized carbons (Fsp3) is 0.182. The molecule has 3 N–H and O–H groups in total. The van der Waals surface area contributed by atoms with Gasteiger partial charge >= 0.3 is 0 Å². The van der Waals surface area contributed by atoms with Gasteiger partial charge in [0.25, 0.3) is 0 Å². The van der Waals surface area contributed by atoms with Gasteiger partial charge in [-0.2, -0.15) is 0 Å². The van der Waals surface area contributed by atoms with E-state index in [1.165, 1.54) is 29.7 Å². The van der Waals surface area contributed by atoms with Crippen LogP contribution in [-0.2, 0) is 16.6 Å². The maximum atomic E-state index is 12.1. The van der Waals surface area contributed by atoms with Crippen molar-refractivity contribution >= 4 is 38.6 Å². The van der Waals surface area contributed by atoms with E-state index < -0.39 is 10.0 Å². The van der Waals surface area contributed by atoms with E-state index in [0.29, 0.717) is 5.69 Å². The zero-order valence-corrected chi connectivity index (χ0v) is 13.0. The van der Waals surface area contributed by atoms with Crippen LogP contribution in [0, 0.1) is 6.92 Å². The zero-order valence-electron chi connectivity index (χ0n) is 10.5. The SMILES string of the molecule is Cc1ncsc1CNS(=O)(=O)c1ccc(C(N)=S)nc1. The average Bonchev–Trinajstić information content (AvgIpc) is 2.82. The molecule has 0 atom stereocenters. The molecule has 0 saturated carbocycles. The second-order valence-electron chi connectivity index (χ2n) is 3.93. The fourth-order valence-electron chi connectivity index (χ4n) is 1.42. The highest BCUT2D eigenvalue weighted by Gasteiger charge is 2.15. The van der Waals surface area contributed by atoms with Crippen LogP contribution < -0.4 is 10.5 Å². The summed E-state index contributed by atoms with van der Waals surface area (Å²) in [6.45, 7) is 2.04. The first-order valence-corrected chi connectivity index (χ1v) is 8.32. The molecule has 0 bridgehead atoms. The lowest BCUT2D eigenvalue weighted by molar-refractivity contribution is 0.581. The number of aromatic nitrogens is 2. The molecule has 0 amide bonds. The monoisotopic (exact) mass is 328 g/mol. The Labute approximate surface area is 126 Å². The summed E-state index contributed by atoms with van der Waals surface area (Å²) in [6.07, 6.45) is 1.23. The van der Waals surface area contributed by atoms with E-state index in [1.54, 1.807) is 5.51 Å². The van der Waals surface area contributed by atoms with Crippen molar-refractivity contribution in [1.29, 1.82) is 0 Å². The van der Waals surface area contributed by atoms with Crippen molar-refractivity contribution in [3.05, 3.63) is 40.1 Å². The van der Waals surface area contributed by atoms with Gasteiger partial charge in [0.1, 0.15) is 9.88 Å². The normalized spacial score (nSPS) is 11.4. The molecule has 2 aromatic rings. The van der Waals surface area contributed by atoms with Crippen molar-refractivity contribution in [2.45, 2.75) is 18.4 Å². The Kier molecular flexibility index (Phi) is 4.43. The maximum absolute atomic E-state index is 12.1. The molecule has 106 valence electrons. The number of thiazole rings is 1. The third-order valence-electron chi connectivity index (χ3n) is 2.57. The van der Waals surface area contributed by atoms with Gasteiger partial charge in [-0.1, -0.05) is 12.2 Å². The largest absolute Gasteiger partial charge is 0.388 e. The Bertz CT molecular complexity index is 722. The summed E-state index contributed by atoms with van der Waals surface area (Å²) in [5, 5.41) is 0. The predicted octanol–water partition coefficient (Wildman–Crippen LogP) is 0.959. The van der Waals surface area contributed by atoms with E-state index in [1.807, 2.05) is 6.92 Å². The second kappa shape index (κ2) is 5.92. The standard InChI is InChI=1S/C11H12N4O2S3/c1-7-10(19-6-14-7)5-15-20(16,17)8-2-3-9(11(12)18)13-4-8/h2-4,6,15H,5H2,1H3,(H2,12,18). The Hall–Kier alpha value is -1.42. The van der Waals surface area contributed by atoms with Crippen LogP contribution in [0.1, 0.15) is 16.3 Å². The molecule has 0 unspecified atom stereocenters. The number of hydrogen-bond donors (Lipinski definition) is 2. The van der Waals surface area contributed by atoms with Crippen molar-refractivity contribution in [1.82, 2.24) is 14.7 Å². The summed E-state index contributed by atoms with van der Waals surface area (Å²) in [4.78, 5) is 9.05. The Morgan fingerprint density at radius 3 is 2.70 bits per heavy atom. The topological polar surface area (TPSA) is 98.0 Å². The molecule has 0 aliphatic carbocycles. The average molecular weight is 328 g/mol. The number of nitrogens with one attached hydrogen (secondary N) is 1. The minimum absolute atomic E-state index is 0.0691. The summed E-state index contributed by atoms with van der Waals surface area (Å²) in [6, 6.07) is 2.90. The number of nitrogens with two attached hydrogens (primary N) is 1. The quantitative estimate of drug-likeness (QED) is 0.793. The summed E-state index contributed by atoms with van der Waals surface area (Å²) in [7, 11) is -3.61. The summed E-state index contributed by atoms with van der Waals surface area (Å²) < 4.78 is 26.7. The van der Waals surface area contributed by atoms with Gasteiger partial charge in [-0.05, 0) is 19.1 Å². The number of sulfonamides is 1. The van der Waals surface area contributed by atoms with Gasteiger partial charge in [0.15, 0.2) is 0 Å². The molecule has 20 heavy (non-hydrogen) atoms. The van der Waals surface area contributed by atoms with Gasteiger partial charge in [0.05, 0.1) is 16.9 Å². The van der Waals surface area contributed by atoms with E-state index >= 15 is 0 Å². The lowest BCUT2D eigenvalue weighted by atomic mass is 10.3. The first-order valence-electron chi connectivity index (χ1n) is 5.54.